The minimum Gasteiger partial charge on any atom is -0.366 e. The van der Waals surface area contributed by atoms with E-state index in [9.17, 15) is 22.8 Å². The summed E-state index contributed by atoms with van der Waals surface area (Å²) >= 11 is 0. The molecule has 0 aliphatic carbocycles. The van der Waals surface area contributed by atoms with Gasteiger partial charge in [-0.2, -0.15) is 13.2 Å². The summed E-state index contributed by atoms with van der Waals surface area (Å²) in [5, 5.41) is 3.42. The van der Waals surface area contributed by atoms with Gasteiger partial charge in [-0.1, -0.05) is 0 Å². The molecule has 2 atom stereocenters. The number of nitrogens with one attached hydrogen (secondary N) is 1. The fourth-order valence-electron chi connectivity index (χ4n) is 4.59. The number of hydrogen-bond acceptors (Lipinski definition) is 4. The first-order chi connectivity index (χ1) is 14.5. The first-order valence-electron chi connectivity index (χ1n) is 10.0. The van der Waals surface area contributed by atoms with Gasteiger partial charge in [-0.15, -0.1) is 0 Å². The maximum Gasteiger partial charge on any atom is 0.416 e. The van der Waals surface area contributed by atoms with Crippen LogP contribution in [0.4, 0.5) is 13.2 Å². The lowest BCUT2D eigenvalue weighted by molar-refractivity contribution is -0.137. The van der Waals surface area contributed by atoms with Crippen LogP contribution in [0.1, 0.15) is 52.6 Å². The van der Waals surface area contributed by atoms with Gasteiger partial charge in [0.05, 0.1) is 17.3 Å². The number of aromatic nitrogens is 1. The molecule has 0 unspecified atom stereocenters. The zero-order chi connectivity index (χ0) is 22.6. The zero-order valence-corrected chi connectivity index (χ0v) is 17.2. The molecule has 2 aromatic rings. The van der Waals surface area contributed by atoms with E-state index in [4.69, 9.17) is 5.73 Å². The number of pyridine rings is 1. The number of hydrogen-bond donors (Lipinski definition) is 2. The molecule has 0 bridgehead atoms. The van der Waals surface area contributed by atoms with Crippen LogP contribution in [0.2, 0.25) is 0 Å². The van der Waals surface area contributed by atoms with Crippen LogP contribution in [0.15, 0.2) is 30.3 Å². The van der Waals surface area contributed by atoms with E-state index in [1.165, 1.54) is 0 Å². The smallest absolute Gasteiger partial charge is 0.366 e. The number of likely N-dealkylation sites (tertiary alicyclic amines) is 1. The second-order valence-electron chi connectivity index (χ2n) is 8.34. The number of likely N-dealkylation sites (N-methyl/N-ethyl adjacent to an activating group) is 1. The Morgan fingerprint density at radius 2 is 2.00 bits per heavy atom. The standard InChI is InChI=1S/C22H23F3N4O2/c1-12-9-13(16-11-14(22(23,24)25)3-4-15(16)19(26)30)10-18(27-12)17-5-6-21(28-17)7-8-29(2)20(21)31/h3-4,9-11,17,28H,5-8H2,1-2H3,(H2,26,30)/t17-,21-/m1/s1. The first kappa shape index (κ1) is 21.3. The maximum absolute atomic E-state index is 13.3. The van der Waals surface area contributed by atoms with Crippen molar-refractivity contribution in [2.45, 2.75) is 43.9 Å². The molecule has 4 rings (SSSR count). The second kappa shape index (κ2) is 7.33. The number of nitrogens with two attached hydrogens (primary N) is 1. The lowest BCUT2D eigenvalue weighted by Crippen LogP contribution is -2.47. The molecule has 1 spiro atoms. The Labute approximate surface area is 177 Å². The summed E-state index contributed by atoms with van der Waals surface area (Å²) in [5.41, 5.74) is 5.72. The number of nitrogens with zero attached hydrogens (tertiary/aromatic N) is 2. The number of halogens is 3. The van der Waals surface area contributed by atoms with Gasteiger partial charge < -0.3 is 10.6 Å². The molecule has 2 aliphatic heterocycles. The molecule has 3 N–H and O–H groups in total. The Hall–Kier alpha value is -2.94. The minimum absolute atomic E-state index is 0.00740. The highest BCUT2D eigenvalue weighted by atomic mass is 19.4. The Balaban J connectivity index is 1.74. The van der Waals surface area contributed by atoms with Crippen molar-refractivity contribution in [1.29, 1.82) is 0 Å². The molecular formula is C22H23F3N4O2. The topological polar surface area (TPSA) is 88.3 Å². The Kier molecular flexibility index (Phi) is 5.04. The molecule has 1 aromatic carbocycles. The average Bonchev–Trinajstić information content (AvgIpc) is 3.26. The van der Waals surface area contributed by atoms with E-state index in [0.29, 0.717) is 42.8 Å². The summed E-state index contributed by atoms with van der Waals surface area (Å²) in [6, 6.07) is 5.99. The Bertz CT molecular complexity index is 1070. The highest BCUT2D eigenvalue weighted by Gasteiger charge is 2.50. The van der Waals surface area contributed by atoms with Crippen molar-refractivity contribution in [3.63, 3.8) is 0 Å². The van der Waals surface area contributed by atoms with Crippen LogP contribution in [-0.2, 0) is 11.0 Å². The third kappa shape index (κ3) is 3.78. The van der Waals surface area contributed by atoms with E-state index in [1.54, 1.807) is 31.0 Å². The number of carbonyl (C=O) groups is 2. The van der Waals surface area contributed by atoms with Crippen molar-refractivity contribution in [2.24, 2.45) is 5.73 Å². The van der Waals surface area contributed by atoms with E-state index >= 15 is 0 Å². The third-order valence-electron chi connectivity index (χ3n) is 6.19. The lowest BCUT2D eigenvalue weighted by atomic mass is 9.95. The number of alkyl halides is 3. The van der Waals surface area contributed by atoms with Gasteiger partial charge >= 0.3 is 6.18 Å². The van der Waals surface area contributed by atoms with Crippen LogP contribution in [-0.4, -0.2) is 40.8 Å². The molecule has 1 aromatic heterocycles. The predicted octanol–water partition coefficient (Wildman–Crippen LogP) is 3.20. The molecule has 9 heteroatoms. The van der Waals surface area contributed by atoms with Gasteiger partial charge in [0.1, 0.15) is 5.54 Å². The molecule has 6 nitrogen and oxygen atoms in total. The molecule has 2 amide bonds. The quantitative estimate of drug-likeness (QED) is 0.780. The molecule has 2 aliphatic rings. The van der Waals surface area contributed by atoms with Crippen molar-refractivity contribution in [1.82, 2.24) is 15.2 Å². The third-order valence-corrected chi connectivity index (χ3v) is 6.19. The summed E-state index contributed by atoms with van der Waals surface area (Å²) in [6.07, 6.45) is -2.50. The van der Waals surface area contributed by atoms with Crippen molar-refractivity contribution >= 4 is 11.8 Å². The molecular weight excluding hydrogens is 409 g/mol. The van der Waals surface area contributed by atoms with E-state index in [1.807, 2.05) is 0 Å². The number of aryl methyl sites for hydroxylation is 1. The molecule has 2 saturated heterocycles. The van der Waals surface area contributed by atoms with Gasteiger partial charge in [0.25, 0.3) is 0 Å². The molecule has 2 fully saturated rings. The van der Waals surface area contributed by atoms with Crippen molar-refractivity contribution in [3.8, 4) is 11.1 Å². The molecule has 3 heterocycles. The van der Waals surface area contributed by atoms with Crippen LogP contribution in [0.25, 0.3) is 11.1 Å². The van der Waals surface area contributed by atoms with Crippen molar-refractivity contribution < 1.29 is 22.8 Å². The fraction of sp³-hybridized carbons (Fsp3) is 0.409. The van der Waals surface area contributed by atoms with Crippen LogP contribution in [0, 0.1) is 6.92 Å². The monoisotopic (exact) mass is 432 g/mol. The van der Waals surface area contributed by atoms with Crippen LogP contribution < -0.4 is 11.1 Å². The number of rotatable bonds is 3. The Morgan fingerprint density at radius 3 is 2.61 bits per heavy atom. The summed E-state index contributed by atoms with van der Waals surface area (Å²) in [5.74, 6) is -0.756. The van der Waals surface area contributed by atoms with Crippen LogP contribution in [0.5, 0.6) is 0 Å². The van der Waals surface area contributed by atoms with Crippen molar-refractivity contribution in [2.75, 3.05) is 13.6 Å². The lowest BCUT2D eigenvalue weighted by Gasteiger charge is -2.23. The van der Waals surface area contributed by atoms with Gasteiger partial charge in [-0.05, 0) is 67.6 Å². The maximum atomic E-state index is 13.3. The van der Waals surface area contributed by atoms with Gasteiger partial charge in [0.2, 0.25) is 11.8 Å². The predicted molar refractivity (Wildman–Crippen MR) is 108 cm³/mol. The second-order valence-corrected chi connectivity index (χ2v) is 8.34. The summed E-state index contributed by atoms with van der Waals surface area (Å²) in [7, 11) is 1.77. The highest BCUT2D eigenvalue weighted by molar-refractivity contribution is 6.00. The van der Waals surface area contributed by atoms with Gasteiger partial charge in [-0.3, -0.25) is 19.9 Å². The van der Waals surface area contributed by atoms with Gasteiger partial charge in [-0.25, -0.2) is 0 Å². The summed E-state index contributed by atoms with van der Waals surface area (Å²) in [4.78, 5) is 30.7. The van der Waals surface area contributed by atoms with E-state index in [2.05, 4.69) is 10.3 Å². The van der Waals surface area contributed by atoms with Crippen molar-refractivity contribution in [3.05, 3.63) is 52.8 Å². The van der Waals surface area contributed by atoms with Gasteiger partial charge in [0, 0.05) is 24.8 Å². The number of amides is 2. The summed E-state index contributed by atoms with van der Waals surface area (Å²) in [6.45, 7) is 2.42. The van der Waals surface area contributed by atoms with Crippen LogP contribution >= 0.6 is 0 Å². The zero-order valence-electron chi connectivity index (χ0n) is 17.2. The molecule has 0 radical (unpaired) electrons. The number of primary amides is 1. The molecule has 0 saturated carbocycles. The highest BCUT2D eigenvalue weighted by Crippen LogP contribution is 2.40. The average molecular weight is 432 g/mol. The van der Waals surface area contributed by atoms with Crippen LogP contribution in [0.3, 0.4) is 0 Å². The number of benzene rings is 1. The molecule has 31 heavy (non-hydrogen) atoms. The van der Waals surface area contributed by atoms with E-state index in [-0.39, 0.29) is 23.1 Å². The molecule has 164 valence electrons. The minimum atomic E-state index is -4.55. The number of carbonyl (C=O) groups excluding carboxylic acids is 2. The van der Waals surface area contributed by atoms with E-state index in [0.717, 1.165) is 18.2 Å². The summed E-state index contributed by atoms with van der Waals surface area (Å²) < 4.78 is 39.9. The fourth-order valence-corrected chi connectivity index (χ4v) is 4.59. The largest absolute Gasteiger partial charge is 0.416 e. The Morgan fingerprint density at radius 1 is 1.26 bits per heavy atom. The van der Waals surface area contributed by atoms with E-state index < -0.39 is 23.2 Å². The first-order valence-corrected chi connectivity index (χ1v) is 10.0. The SMILES string of the molecule is Cc1cc(-c2cc(C(F)(F)F)ccc2C(N)=O)cc([C@H]2CC[C@]3(CCN(C)C3=O)N2)n1. The van der Waals surface area contributed by atoms with Gasteiger partial charge in [0.15, 0.2) is 0 Å². The normalized spacial score (nSPS) is 23.7.